The Bertz CT molecular complexity index is 363. The second kappa shape index (κ2) is 5.21. The van der Waals surface area contributed by atoms with E-state index < -0.39 is 0 Å². The predicted octanol–water partition coefficient (Wildman–Crippen LogP) is 0.792. The molecule has 2 rings (SSSR count). The van der Waals surface area contributed by atoms with Crippen LogP contribution in [0.1, 0.15) is 24.4 Å². The Hall–Kier alpha value is -0.840. The first-order chi connectivity index (χ1) is 8.13. The number of nitrogens with two attached hydrogens (primary N) is 1. The van der Waals surface area contributed by atoms with Crippen molar-refractivity contribution >= 4 is 0 Å². The summed E-state index contributed by atoms with van der Waals surface area (Å²) < 4.78 is 2.24. The third-order valence-electron chi connectivity index (χ3n) is 3.99. The van der Waals surface area contributed by atoms with Gasteiger partial charge in [-0.25, -0.2) is 0 Å². The van der Waals surface area contributed by atoms with Crippen LogP contribution in [0.3, 0.4) is 0 Å². The number of aromatic nitrogens is 1. The minimum atomic E-state index is 0.481. The lowest BCUT2D eigenvalue weighted by Gasteiger charge is -2.36. The summed E-state index contributed by atoms with van der Waals surface area (Å²) in [6.45, 7) is 7.55. The second-order valence-corrected chi connectivity index (χ2v) is 5.03. The maximum Gasteiger partial charge on any atom is 0.0473 e. The molecule has 1 aliphatic rings. The molecule has 0 radical (unpaired) electrons. The molecular weight excluding hydrogens is 212 g/mol. The Morgan fingerprint density at radius 3 is 2.35 bits per heavy atom. The highest BCUT2D eigenvalue weighted by Crippen LogP contribution is 2.22. The summed E-state index contributed by atoms with van der Waals surface area (Å²) in [6, 6.07) is 4.83. The average molecular weight is 236 g/mol. The van der Waals surface area contributed by atoms with E-state index in [-0.39, 0.29) is 0 Å². The standard InChI is InChI=1S/C13H24N4/c1-11(17-8-6-15(2)7-9-17)13-5-4-12(10-14)16(13)3/h4-5,11H,6-10,14H2,1-3H3. The van der Waals surface area contributed by atoms with Gasteiger partial charge in [-0.1, -0.05) is 0 Å². The van der Waals surface area contributed by atoms with E-state index in [9.17, 15) is 0 Å². The summed E-state index contributed by atoms with van der Waals surface area (Å²) >= 11 is 0. The maximum atomic E-state index is 5.72. The van der Waals surface area contributed by atoms with Gasteiger partial charge in [-0.05, 0) is 26.1 Å². The van der Waals surface area contributed by atoms with Crippen LogP contribution in [0.4, 0.5) is 0 Å². The van der Waals surface area contributed by atoms with Crippen LogP contribution >= 0.6 is 0 Å². The van der Waals surface area contributed by atoms with Crippen molar-refractivity contribution in [3.8, 4) is 0 Å². The normalized spacial score (nSPS) is 20.7. The molecule has 0 aliphatic carbocycles. The fourth-order valence-corrected chi connectivity index (χ4v) is 2.59. The van der Waals surface area contributed by atoms with Gasteiger partial charge >= 0.3 is 0 Å². The second-order valence-electron chi connectivity index (χ2n) is 5.03. The molecule has 1 saturated heterocycles. The molecule has 0 bridgehead atoms. The molecule has 17 heavy (non-hydrogen) atoms. The number of piperazine rings is 1. The van der Waals surface area contributed by atoms with Crippen molar-refractivity contribution in [2.45, 2.75) is 19.5 Å². The molecule has 0 spiro atoms. The van der Waals surface area contributed by atoms with Crippen molar-refractivity contribution in [1.82, 2.24) is 14.4 Å². The van der Waals surface area contributed by atoms with Crippen molar-refractivity contribution in [3.05, 3.63) is 23.5 Å². The van der Waals surface area contributed by atoms with E-state index in [1.807, 2.05) is 0 Å². The van der Waals surface area contributed by atoms with E-state index in [1.54, 1.807) is 0 Å². The molecule has 96 valence electrons. The first-order valence-corrected chi connectivity index (χ1v) is 6.40. The molecule has 2 N–H and O–H groups in total. The number of hydrogen-bond donors (Lipinski definition) is 1. The smallest absolute Gasteiger partial charge is 0.0473 e. The largest absolute Gasteiger partial charge is 0.349 e. The van der Waals surface area contributed by atoms with Gasteiger partial charge in [-0.3, -0.25) is 4.90 Å². The molecule has 4 nitrogen and oxygen atoms in total. The van der Waals surface area contributed by atoms with Gasteiger partial charge in [0.15, 0.2) is 0 Å². The lowest BCUT2D eigenvalue weighted by molar-refractivity contribution is 0.116. The zero-order valence-corrected chi connectivity index (χ0v) is 11.2. The fourth-order valence-electron chi connectivity index (χ4n) is 2.59. The van der Waals surface area contributed by atoms with Crippen LogP contribution in [0.15, 0.2) is 12.1 Å². The van der Waals surface area contributed by atoms with Gasteiger partial charge in [0.25, 0.3) is 0 Å². The van der Waals surface area contributed by atoms with Crippen LogP contribution < -0.4 is 5.73 Å². The lowest BCUT2D eigenvalue weighted by Crippen LogP contribution is -2.45. The van der Waals surface area contributed by atoms with Gasteiger partial charge < -0.3 is 15.2 Å². The molecule has 1 aromatic rings. The van der Waals surface area contributed by atoms with E-state index >= 15 is 0 Å². The van der Waals surface area contributed by atoms with Gasteiger partial charge in [0, 0.05) is 57.2 Å². The Balaban J connectivity index is 2.08. The van der Waals surface area contributed by atoms with E-state index in [0.717, 1.165) is 13.1 Å². The monoisotopic (exact) mass is 236 g/mol. The summed E-state index contributed by atoms with van der Waals surface area (Å²) in [4.78, 5) is 4.94. The van der Waals surface area contributed by atoms with E-state index in [1.165, 1.54) is 24.5 Å². The minimum Gasteiger partial charge on any atom is -0.349 e. The fraction of sp³-hybridized carbons (Fsp3) is 0.692. The van der Waals surface area contributed by atoms with Crippen LogP contribution in [0.25, 0.3) is 0 Å². The molecule has 2 heterocycles. The van der Waals surface area contributed by atoms with Gasteiger partial charge in [-0.2, -0.15) is 0 Å². The van der Waals surface area contributed by atoms with Crippen molar-refractivity contribution in [3.63, 3.8) is 0 Å². The average Bonchev–Trinajstić information content (AvgIpc) is 2.70. The summed E-state index contributed by atoms with van der Waals surface area (Å²) in [5, 5.41) is 0. The first-order valence-electron chi connectivity index (χ1n) is 6.40. The van der Waals surface area contributed by atoms with Crippen molar-refractivity contribution in [2.24, 2.45) is 12.8 Å². The summed E-state index contributed by atoms with van der Waals surface area (Å²) in [5.41, 5.74) is 8.30. The number of nitrogens with zero attached hydrogens (tertiary/aromatic N) is 3. The first kappa shape index (κ1) is 12.6. The minimum absolute atomic E-state index is 0.481. The van der Waals surface area contributed by atoms with Gasteiger partial charge in [0.05, 0.1) is 0 Å². The Kier molecular flexibility index (Phi) is 3.86. The summed E-state index contributed by atoms with van der Waals surface area (Å²) in [6.07, 6.45) is 0. The molecule has 0 saturated carbocycles. The molecule has 0 aromatic carbocycles. The summed E-state index contributed by atoms with van der Waals surface area (Å²) in [7, 11) is 4.31. The van der Waals surface area contributed by atoms with Crippen molar-refractivity contribution in [2.75, 3.05) is 33.2 Å². The topological polar surface area (TPSA) is 37.4 Å². The molecule has 0 amide bonds. The number of likely N-dealkylation sites (N-methyl/N-ethyl adjacent to an activating group) is 1. The van der Waals surface area contributed by atoms with E-state index in [2.05, 4.69) is 47.5 Å². The van der Waals surface area contributed by atoms with E-state index in [4.69, 9.17) is 5.73 Å². The van der Waals surface area contributed by atoms with E-state index in [0.29, 0.717) is 12.6 Å². The molecule has 1 aliphatic heterocycles. The quantitative estimate of drug-likeness (QED) is 0.843. The molecule has 4 heteroatoms. The molecule has 1 aromatic heterocycles. The van der Waals surface area contributed by atoms with Crippen molar-refractivity contribution in [1.29, 1.82) is 0 Å². The number of hydrogen-bond acceptors (Lipinski definition) is 3. The SMILES string of the molecule is CC(c1ccc(CN)n1C)N1CCN(C)CC1. The van der Waals surface area contributed by atoms with Crippen LogP contribution in [-0.2, 0) is 13.6 Å². The maximum absolute atomic E-state index is 5.72. The van der Waals surface area contributed by atoms with Crippen LogP contribution in [0, 0.1) is 0 Å². The highest BCUT2D eigenvalue weighted by molar-refractivity contribution is 5.18. The lowest BCUT2D eigenvalue weighted by atomic mass is 10.2. The van der Waals surface area contributed by atoms with Crippen LogP contribution in [-0.4, -0.2) is 47.6 Å². The Morgan fingerprint density at radius 2 is 1.82 bits per heavy atom. The molecule has 1 fully saturated rings. The zero-order valence-electron chi connectivity index (χ0n) is 11.2. The highest BCUT2D eigenvalue weighted by Gasteiger charge is 2.22. The van der Waals surface area contributed by atoms with Gasteiger partial charge in [0.2, 0.25) is 0 Å². The third-order valence-corrected chi connectivity index (χ3v) is 3.99. The van der Waals surface area contributed by atoms with Gasteiger partial charge in [-0.15, -0.1) is 0 Å². The third kappa shape index (κ3) is 2.54. The predicted molar refractivity (Wildman–Crippen MR) is 70.8 cm³/mol. The molecular formula is C13H24N4. The summed E-state index contributed by atoms with van der Waals surface area (Å²) in [5.74, 6) is 0. The zero-order chi connectivity index (χ0) is 12.4. The number of rotatable bonds is 3. The van der Waals surface area contributed by atoms with Crippen LogP contribution in [0.5, 0.6) is 0 Å². The van der Waals surface area contributed by atoms with Gasteiger partial charge in [0.1, 0.15) is 0 Å². The molecule has 1 unspecified atom stereocenters. The van der Waals surface area contributed by atoms with Crippen molar-refractivity contribution < 1.29 is 0 Å². The molecule has 1 atom stereocenters. The highest BCUT2D eigenvalue weighted by atomic mass is 15.3. The Morgan fingerprint density at radius 1 is 1.18 bits per heavy atom. The van der Waals surface area contributed by atoms with Crippen LogP contribution in [0.2, 0.25) is 0 Å². The Labute approximate surface area is 104 Å².